The van der Waals surface area contributed by atoms with Gasteiger partial charge in [-0.25, -0.2) is 4.98 Å². The van der Waals surface area contributed by atoms with E-state index in [4.69, 9.17) is 18.0 Å². The number of nitrogens with zero attached hydrogens (tertiary/aromatic N) is 2. The van der Waals surface area contributed by atoms with Gasteiger partial charge in [0, 0.05) is 12.2 Å². The summed E-state index contributed by atoms with van der Waals surface area (Å²) in [5.41, 5.74) is 5.45. The van der Waals surface area contributed by atoms with E-state index in [1.807, 2.05) is 6.26 Å². The standard InChI is InChI=1S/C6H10N4S2/c1-12-3-2-4-8-5(7)10-6(11)9-4/h2-3H2,1H3,(H3,7,8,9,10,11). The Balaban J connectivity index is 2.79. The first-order valence-corrected chi connectivity index (χ1v) is 5.24. The number of nitrogen functional groups attached to an aromatic ring is 1. The first kappa shape index (κ1) is 9.47. The lowest BCUT2D eigenvalue weighted by Gasteiger charge is -1.99. The Morgan fingerprint density at radius 2 is 2.33 bits per heavy atom. The second kappa shape index (κ2) is 4.42. The number of aryl methyl sites for hydroxylation is 1. The third-order valence-electron chi connectivity index (χ3n) is 1.26. The summed E-state index contributed by atoms with van der Waals surface area (Å²) in [5.74, 6) is 2.15. The molecule has 6 heteroatoms. The van der Waals surface area contributed by atoms with Gasteiger partial charge in [-0.05, 0) is 18.5 Å². The average Bonchev–Trinajstić information content (AvgIpc) is 1.99. The Morgan fingerprint density at radius 1 is 1.58 bits per heavy atom. The van der Waals surface area contributed by atoms with Crippen molar-refractivity contribution in [3.05, 3.63) is 10.6 Å². The second-order valence-corrected chi connectivity index (χ2v) is 3.56. The summed E-state index contributed by atoms with van der Waals surface area (Å²) < 4.78 is 0.308. The minimum absolute atomic E-state index is 0.308. The van der Waals surface area contributed by atoms with Gasteiger partial charge >= 0.3 is 0 Å². The molecule has 3 N–H and O–H groups in total. The average molecular weight is 202 g/mol. The molecule has 0 aromatic carbocycles. The molecule has 0 aliphatic carbocycles. The number of thioether (sulfide) groups is 1. The number of rotatable bonds is 3. The molecule has 0 bridgehead atoms. The predicted octanol–water partition coefficient (Wildman–Crippen LogP) is 1.02. The van der Waals surface area contributed by atoms with Gasteiger partial charge in [0.25, 0.3) is 0 Å². The zero-order valence-corrected chi connectivity index (χ0v) is 8.34. The molecule has 0 fully saturated rings. The van der Waals surface area contributed by atoms with E-state index in [2.05, 4.69) is 15.0 Å². The molecule has 12 heavy (non-hydrogen) atoms. The molecule has 0 radical (unpaired) electrons. The van der Waals surface area contributed by atoms with Gasteiger partial charge < -0.3 is 10.7 Å². The summed E-state index contributed by atoms with van der Waals surface area (Å²) in [6, 6.07) is 0. The van der Waals surface area contributed by atoms with E-state index in [9.17, 15) is 0 Å². The van der Waals surface area contributed by atoms with Crippen LogP contribution in [0.2, 0.25) is 0 Å². The van der Waals surface area contributed by atoms with E-state index in [1.165, 1.54) is 0 Å². The van der Waals surface area contributed by atoms with Crippen LogP contribution in [0.5, 0.6) is 0 Å². The van der Waals surface area contributed by atoms with Crippen LogP contribution in [0.4, 0.5) is 5.95 Å². The molecule has 0 unspecified atom stereocenters. The van der Waals surface area contributed by atoms with Crippen molar-refractivity contribution in [3.63, 3.8) is 0 Å². The minimum Gasteiger partial charge on any atom is -0.369 e. The van der Waals surface area contributed by atoms with E-state index in [1.54, 1.807) is 11.8 Å². The number of aromatic nitrogens is 3. The largest absolute Gasteiger partial charge is 0.369 e. The third kappa shape index (κ3) is 2.78. The van der Waals surface area contributed by atoms with Crippen molar-refractivity contribution >= 4 is 29.9 Å². The Hall–Kier alpha value is -0.620. The number of H-pyrrole nitrogens is 1. The fraction of sp³-hybridized carbons (Fsp3) is 0.500. The highest BCUT2D eigenvalue weighted by molar-refractivity contribution is 7.98. The Bertz CT molecular complexity index is 309. The lowest BCUT2D eigenvalue weighted by molar-refractivity contribution is 0.902. The molecule has 1 aromatic rings. The van der Waals surface area contributed by atoms with Crippen LogP contribution in [0.1, 0.15) is 5.82 Å². The summed E-state index contributed by atoms with van der Waals surface area (Å²) in [4.78, 5) is 10.6. The van der Waals surface area contributed by atoms with Crippen LogP contribution in [0, 0.1) is 4.77 Å². The summed E-state index contributed by atoms with van der Waals surface area (Å²) >= 11 is 6.56. The van der Waals surface area contributed by atoms with Crippen LogP contribution in [0.15, 0.2) is 0 Å². The maximum atomic E-state index is 5.45. The van der Waals surface area contributed by atoms with Gasteiger partial charge in [-0.3, -0.25) is 0 Å². The zero-order valence-electron chi connectivity index (χ0n) is 6.70. The van der Waals surface area contributed by atoms with Crippen LogP contribution in [-0.4, -0.2) is 27.0 Å². The fourth-order valence-corrected chi connectivity index (χ4v) is 1.37. The maximum absolute atomic E-state index is 5.45. The van der Waals surface area contributed by atoms with E-state index in [-0.39, 0.29) is 0 Å². The molecular formula is C6H10N4S2. The normalized spacial score (nSPS) is 10.1. The van der Waals surface area contributed by atoms with Crippen molar-refractivity contribution in [3.8, 4) is 0 Å². The third-order valence-corrected chi connectivity index (χ3v) is 2.06. The molecule has 0 spiro atoms. The number of anilines is 1. The lowest BCUT2D eigenvalue weighted by Crippen LogP contribution is -2.03. The summed E-state index contributed by atoms with van der Waals surface area (Å²) in [5, 5.41) is 0. The van der Waals surface area contributed by atoms with E-state index < -0.39 is 0 Å². The quantitative estimate of drug-likeness (QED) is 0.716. The van der Waals surface area contributed by atoms with Gasteiger partial charge in [0.1, 0.15) is 5.82 Å². The van der Waals surface area contributed by atoms with Crippen molar-refractivity contribution in [2.75, 3.05) is 17.7 Å². The van der Waals surface area contributed by atoms with Crippen molar-refractivity contribution in [2.45, 2.75) is 6.42 Å². The van der Waals surface area contributed by atoms with Crippen molar-refractivity contribution in [1.29, 1.82) is 0 Å². The van der Waals surface area contributed by atoms with Crippen molar-refractivity contribution in [1.82, 2.24) is 15.0 Å². The molecule has 0 amide bonds. The van der Waals surface area contributed by atoms with E-state index in [0.717, 1.165) is 18.0 Å². The molecule has 0 atom stereocenters. The maximum Gasteiger partial charge on any atom is 0.224 e. The summed E-state index contributed by atoms with van der Waals surface area (Å²) in [7, 11) is 0. The molecule has 0 saturated heterocycles. The number of aromatic amines is 1. The van der Waals surface area contributed by atoms with Gasteiger partial charge in [0.2, 0.25) is 10.7 Å². The highest BCUT2D eigenvalue weighted by Gasteiger charge is 1.96. The molecule has 0 saturated carbocycles. The van der Waals surface area contributed by atoms with Crippen LogP contribution in [0.3, 0.4) is 0 Å². The Morgan fingerprint density at radius 3 is 2.92 bits per heavy atom. The van der Waals surface area contributed by atoms with Gasteiger partial charge in [0.15, 0.2) is 0 Å². The van der Waals surface area contributed by atoms with Gasteiger partial charge in [0.05, 0.1) is 0 Å². The lowest BCUT2D eigenvalue weighted by atomic mass is 10.4. The Labute approximate surface area is 80.0 Å². The molecule has 1 heterocycles. The smallest absolute Gasteiger partial charge is 0.224 e. The number of nitrogens with one attached hydrogen (secondary N) is 1. The molecule has 1 rings (SSSR count). The summed E-state index contributed by atoms with van der Waals surface area (Å²) in [6.07, 6.45) is 2.89. The molecule has 0 aliphatic rings. The highest BCUT2D eigenvalue weighted by atomic mass is 32.2. The van der Waals surface area contributed by atoms with Gasteiger partial charge in [-0.1, -0.05) is 0 Å². The Kier molecular flexibility index (Phi) is 3.48. The minimum atomic E-state index is 0.308. The monoisotopic (exact) mass is 202 g/mol. The van der Waals surface area contributed by atoms with Crippen LogP contribution < -0.4 is 5.73 Å². The van der Waals surface area contributed by atoms with Crippen LogP contribution >= 0.6 is 24.0 Å². The second-order valence-electron chi connectivity index (χ2n) is 2.21. The topological polar surface area (TPSA) is 67.6 Å². The van der Waals surface area contributed by atoms with Gasteiger partial charge in [-0.15, -0.1) is 0 Å². The van der Waals surface area contributed by atoms with E-state index >= 15 is 0 Å². The van der Waals surface area contributed by atoms with Crippen molar-refractivity contribution < 1.29 is 0 Å². The molecule has 1 aromatic heterocycles. The highest BCUT2D eigenvalue weighted by Crippen LogP contribution is 1.99. The molecular weight excluding hydrogens is 192 g/mol. The molecule has 4 nitrogen and oxygen atoms in total. The summed E-state index contributed by atoms with van der Waals surface area (Å²) in [6.45, 7) is 0. The van der Waals surface area contributed by atoms with E-state index in [0.29, 0.717) is 10.7 Å². The fourth-order valence-electron chi connectivity index (χ4n) is 0.764. The first-order valence-electron chi connectivity index (χ1n) is 3.44. The first-order chi connectivity index (χ1) is 5.72. The number of hydrogen-bond acceptors (Lipinski definition) is 5. The number of nitrogens with two attached hydrogens (primary N) is 1. The van der Waals surface area contributed by atoms with Crippen LogP contribution in [0.25, 0.3) is 0 Å². The molecule has 66 valence electrons. The van der Waals surface area contributed by atoms with Crippen LogP contribution in [-0.2, 0) is 6.42 Å². The number of hydrogen-bond donors (Lipinski definition) is 2. The SMILES string of the molecule is CSCCc1nc(=S)nc(N)[nH]1. The van der Waals surface area contributed by atoms with Crippen molar-refractivity contribution in [2.24, 2.45) is 0 Å². The predicted molar refractivity (Wildman–Crippen MR) is 53.7 cm³/mol. The zero-order chi connectivity index (χ0) is 8.97. The van der Waals surface area contributed by atoms with Gasteiger partial charge in [-0.2, -0.15) is 16.7 Å². The molecule has 0 aliphatic heterocycles.